The van der Waals surface area contributed by atoms with Gasteiger partial charge >= 0.3 is 5.97 Å². The van der Waals surface area contributed by atoms with Gasteiger partial charge in [0.2, 0.25) is 5.91 Å². The molecule has 0 bridgehead atoms. The highest BCUT2D eigenvalue weighted by Gasteiger charge is 2.36. The summed E-state index contributed by atoms with van der Waals surface area (Å²) >= 11 is 6.08. The Kier molecular flexibility index (Phi) is 6.67. The topological polar surface area (TPSA) is 84.9 Å². The highest BCUT2D eigenvalue weighted by molar-refractivity contribution is 6.31. The number of likely N-dealkylation sites (tertiary alicyclic amines) is 1. The fourth-order valence-electron chi connectivity index (χ4n) is 3.41. The Morgan fingerprint density at radius 3 is 2.38 bits per heavy atom. The van der Waals surface area contributed by atoms with Crippen LogP contribution in [0.1, 0.15) is 38.2 Å². The van der Waals surface area contributed by atoms with Gasteiger partial charge in [0, 0.05) is 30.1 Å². The van der Waals surface area contributed by atoms with Crippen molar-refractivity contribution in [2.75, 3.05) is 25.5 Å². The summed E-state index contributed by atoms with van der Waals surface area (Å²) in [4.78, 5) is 38.9. The summed E-state index contributed by atoms with van der Waals surface area (Å²) < 4.78 is 10.6. The van der Waals surface area contributed by atoms with Crippen molar-refractivity contribution in [3.8, 4) is 5.75 Å². The highest BCUT2D eigenvalue weighted by atomic mass is 35.5. The standard InChI is InChI=1S/C21H27ClN2O5/c1-12-10-17(18(28-3)11-16(12)22)23-19(25)13(2)29-21(27)15-6-8-24(9-7-15)20(26)14-4-5-14/h10-11,13-15H,4-9H2,1-3H3,(H,23,25). The van der Waals surface area contributed by atoms with Crippen LogP contribution in [0, 0.1) is 18.8 Å². The molecule has 29 heavy (non-hydrogen) atoms. The summed E-state index contributed by atoms with van der Waals surface area (Å²) in [5.41, 5.74) is 1.26. The number of carbonyl (C=O) groups is 3. The lowest BCUT2D eigenvalue weighted by Gasteiger charge is -2.31. The number of carbonyl (C=O) groups excluding carboxylic acids is 3. The molecule has 1 saturated heterocycles. The first-order chi connectivity index (χ1) is 13.8. The van der Waals surface area contributed by atoms with E-state index in [2.05, 4.69) is 5.32 Å². The maximum absolute atomic E-state index is 12.5. The molecule has 1 atom stereocenters. The minimum atomic E-state index is -0.950. The molecular weight excluding hydrogens is 396 g/mol. The molecule has 1 aromatic rings. The van der Waals surface area contributed by atoms with Crippen molar-refractivity contribution in [1.29, 1.82) is 0 Å². The van der Waals surface area contributed by atoms with Crippen LogP contribution in [0.15, 0.2) is 12.1 Å². The summed E-state index contributed by atoms with van der Waals surface area (Å²) in [5.74, 6) is -0.307. The molecule has 1 N–H and O–H groups in total. The number of rotatable bonds is 6. The van der Waals surface area contributed by atoms with Crippen LogP contribution >= 0.6 is 11.6 Å². The van der Waals surface area contributed by atoms with Crippen molar-refractivity contribution in [3.63, 3.8) is 0 Å². The van der Waals surface area contributed by atoms with Crippen LogP contribution in [-0.4, -0.2) is 49.0 Å². The second-order valence-corrected chi connectivity index (χ2v) is 8.15. The Bertz CT molecular complexity index is 801. The number of anilines is 1. The third-order valence-corrected chi connectivity index (χ3v) is 5.87. The number of halogens is 1. The monoisotopic (exact) mass is 422 g/mol. The molecule has 2 amide bonds. The summed E-state index contributed by atoms with van der Waals surface area (Å²) in [6.45, 7) is 4.49. The van der Waals surface area contributed by atoms with Gasteiger partial charge < -0.3 is 19.7 Å². The van der Waals surface area contributed by atoms with Crippen LogP contribution in [0.3, 0.4) is 0 Å². The first-order valence-electron chi connectivity index (χ1n) is 9.94. The Morgan fingerprint density at radius 1 is 1.14 bits per heavy atom. The molecule has 2 fully saturated rings. The molecule has 1 aliphatic heterocycles. The zero-order valence-electron chi connectivity index (χ0n) is 17.0. The normalized spacial score (nSPS) is 18.1. The Balaban J connectivity index is 1.51. The van der Waals surface area contributed by atoms with Gasteiger partial charge in [-0.05, 0) is 51.2 Å². The molecule has 0 aromatic heterocycles. The molecule has 0 radical (unpaired) electrons. The predicted molar refractivity (Wildman–Crippen MR) is 109 cm³/mol. The van der Waals surface area contributed by atoms with Crippen molar-refractivity contribution in [2.45, 2.75) is 45.6 Å². The van der Waals surface area contributed by atoms with Crippen LogP contribution in [0.2, 0.25) is 5.02 Å². The number of piperidine rings is 1. The Labute approximate surface area is 175 Å². The van der Waals surface area contributed by atoms with E-state index in [-0.39, 0.29) is 17.7 Å². The lowest BCUT2D eigenvalue weighted by Crippen LogP contribution is -2.42. The first kappa shape index (κ1) is 21.4. The average Bonchev–Trinajstić information content (AvgIpc) is 3.55. The molecule has 1 heterocycles. The third kappa shape index (κ3) is 5.21. The molecular formula is C21H27ClN2O5. The zero-order chi connectivity index (χ0) is 21.1. The number of aryl methyl sites for hydroxylation is 1. The summed E-state index contributed by atoms with van der Waals surface area (Å²) in [6, 6.07) is 3.33. The van der Waals surface area contributed by atoms with Gasteiger partial charge in [-0.1, -0.05) is 11.6 Å². The van der Waals surface area contributed by atoms with Crippen molar-refractivity contribution in [2.24, 2.45) is 11.8 Å². The molecule has 2 aliphatic rings. The van der Waals surface area contributed by atoms with Gasteiger partial charge in [0.25, 0.3) is 5.91 Å². The molecule has 8 heteroatoms. The van der Waals surface area contributed by atoms with Crippen LogP contribution in [0.5, 0.6) is 5.75 Å². The smallest absolute Gasteiger partial charge is 0.309 e. The average molecular weight is 423 g/mol. The van der Waals surface area contributed by atoms with E-state index < -0.39 is 18.0 Å². The minimum Gasteiger partial charge on any atom is -0.495 e. The number of esters is 1. The number of methoxy groups -OCH3 is 1. The number of amides is 2. The van der Waals surface area contributed by atoms with Gasteiger partial charge in [-0.25, -0.2) is 0 Å². The molecule has 7 nitrogen and oxygen atoms in total. The molecule has 1 aromatic carbocycles. The van der Waals surface area contributed by atoms with Crippen LogP contribution < -0.4 is 10.1 Å². The number of nitrogens with one attached hydrogen (secondary N) is 1. The van der Waals surface area contributed by atoms with Gasteiger partial charge in [0.1, 0.15) is 5.75 Å². The lowest BCUT2D eigenvalue weighted by atomic mass is 9.96. The number of hydrogen-bond donors (Lipinski definition) is 1. The number of nitrogens with zero attached hydrogens (tertiary/aromatic N) is 1. The van der Waals surface area contributed by atoms with Crippen molar-refractivity contribution in [1.82, 2.24) is 4.90 Å². The van der Waals surface area contributed by atoms with E-state index in [1.54, 1.807) is 12.1 Å². The molecule has 1 unspecified atom stereocenters. The van der Waals surface area contributed by atoms with Gasteiger partial charge in [-0.3, -0.25) is 14.4 Å². The summed E-state index contributed by atoms with van der Waals surface area (Å²) in [5, 5.41) is 3.26. The van der Waals surface area contributed by atoms with Crippen LogP contribution in [0.4, 0.5) is 5.69 Å². The maximum atomic E-state index is 12.5. The molecule has 3 rings (SSSR count). The molecule has 158 valence electrons. The van der Waals surface area contributed by atoms with Gasteiger partial charge in [0.15, 0.2) is 6.10 Å². The van der Waals surface area contributed by atoms with E-state index in [4.69, 9.17) is 21.1 Å². The second-order valence-electron chi connectivity index (χ2n) is 7.74. The molecule has 1 aliphatic carbocycles. The third-order valence-electron chi connectivity index (χ3n) is 5.47. The number of ether oxygens (including phenoxy) is 2. The first-order valence-corrected chi connectivity index (χ1v) is 10.3. The fourth-order valence-corrected chi connectivity index (χ4v) is 3.57. The number of benzene rings is 1. The Hall–Kier alpha value is -2.28. The minimum absolute atomic E-state index is 0.190. The lowest BCUT2D eigenvalue weighted by molar-refractivity contribution is -0.159. The van der Waals surface area contributed by atoms with E-state index >= 15 is 0 Å². The van der Waals surface area contributed by atoms with Crippen molar-refractivity contribution < 1.29 is 23.9 Å². The van der Waals surface area contributed by atoms with Crippen LogP contribution in [0.25, 0.3) is 0 Å². The van der Waals surface area contributed by atoms with E-state index in [1.165, 1.54) is 14.0 Å². The van der Waals surface area contributed by atoms with E-state index in [9.17, 15) is 14.4 Å². The quantitative estimate of drug-likeness (QED) is 0.711. The maximum Gasteiger partial charge on any atom is 0.309 e. The second kappa shape index (κ2) is 9.03. The fraction of sp³-hybridized carbons (Fsp3) is 0.571. The Morgan fingerprint density at radius 2 is 1.79 bits per heavy atom. The van der Waals surface area contributed by atoms with E-state index in [1.807, 2.05) is 11.8 Å². The van der Waals surface area contributed by atoms with Crippen molar-refractivity contribution in [3.05, 3.63) is 22.7 Å². The van der Waals surface area contributed by atoms with Gasteiger partial charge in [-0.2, -0.15) is 0 Å². The molecule has 0 spiro atoms. The van der Waals surface area contributed by atoms with E-state index in [0.29, 0.717) is 42.4 Å². The summed E-state index contributed by atoms with van der Waals surface area (Å²) in [7, 11) is 1.49. The predicted octanol–water partition coefficient (Wildman–Crippen LogP) is 3.18. The van der Waals surface area contributed by atoms with E-state index in [0.717, 1.165) is 18.4 Å². The van der Waals surface area contributed by atoms with Crippen LogP contribution in [-0.2, 0) is 19.1 Å². The van der Waals surface area contributed by atoms with Crippen molar-refractivity contribution >= 4 is 35.1 Å². The SMILES string of the molecule is COc1cc(Cl)c(C)cc1NC(=O)C(C)OC(=O)C1CCN(C(=O)C2CC2)CC1. The molecule has 1 saturated carbocycles. The summed E-state index contributed by atoms with van der Waals surface area (Å²) in [6.07, 6.45) is 2.14. The van der Waals surface area contributed by atoms with Gasteiger partial charge in [0.05, 0.1) is 18.7 Å². The largest absolute Gasteiger partial charge is 0.495 e. The van der Waals surface area contributed by atoms with Gasteiger partial charge in [-0.15, -0.1) is 0 Å². The number of hydrogen-bond acceptors (Lipinski definition) is 5. The highest BCUT2D eigenvalue weighted by Crippen LogP contribution is 2.33. The zero-order valence-corrected chi connectivity index (χ0v) is 17.8.